The molecule has 24 heavy (non-hydrogen) atoms. The van der Waals surface area contributed by atoms with E-state index in [9.17, 15) is 22.8 Å². The molecular formula is C16H19F3N2O3. The number of ether oxygens (including phenoxy) is 1. The Hall–Kier alpha value is -2.09. The fourth-order valence-corrected chi connectivity index (χ4v) is 2.47. The van der Waals surface area contributed by atoms with Crippen molar-refractivity contribution in [3.8, 4) is 0 Å². The first kappa shape index (κ1) is 18.3. The van der Waals surface area contributed by atoms with Gasteiger partial charge in [-0.15, -0.1) is 0 Å². The summed E-state index contributed by atoms with van der Waals surface area (Å²) in [6.07, 6.45) is -4.44. The quantitative estimate of drug-likeness (QED) is 0.769. The van der Waals surface area contributed by atoms with Gasteiger partial charge in [-0.25, -0.2) is 0 Å². The number of amides is 2. The Balaban J connectivity index is 1.65. The Morgan fingerprint density at radius 2 is 2.00 bits per heavy atom. The van der Waals surface area contributed by atoms with Crippen LogP contribution in [0.2, 0.25) is 0 Å². The minimum absolute atomic E-state index is 0.0940. The van der Waals surface area contributed by atoms with Gasteiger partial charge in [-0.05, 0) is 5.56 Å². The lowest BCUT2D eigenvalue weighted by Crippen LogP contribution is -2.40. The Labute approximate surface area is 137 Å². The molecule has 0 aromatic heterocycles. The fourth-order valence-electron chi connectivity index (χ4n) is 2.47. The molecule has 8 heteroatoms. The second-order valence-corrected chi connectivity index (χ2v) is 5.65. The summed E-state index contributed by atoms with van der Waals surface area (Å²) in [4.78, 5) is 24.0. The smallest absolute Gasteiger partial charge is 0.376 e. The van der Waals surface area contributed by atoms with Crippen LogP contribution in [0.25, 0.3) is 0 Å². The average Bonchev–Trinajstić information content (AvgIpc) is 2.82. The molecule has 0 saturated carbocycles. The van der Waals surface area contributed by atoms with E-state index in [-0.39, 0.29) is 31.9 Å². The molecule has 1 aromatic rings. The number of alkyl halides is 3. The van der Waals surface area contributed by atoms with E-state index in [0.29, 0.717) is 6.61 Å². The first-order valence-electron chi connectivity index (χ1n) is 7.59. The largest absolute Gasteiger partial charge is 0.406 e. The maximum Gasteiger partial charge on any atom is 0.406 e. The highest BCUT2D eigenvalue weighted by atomic mass is 19.4. The number of hydrogen-bond acceptors (Lipinski definition) is 3. The lowest BCUT2D eigenvalue weighted by Gasteiger charge is -2.18. The highest BCUT2D eigenvalue weighted by molar-refractivity contribution is 5.82. The summed E-state index contributed by atoms with van der Waals surface area (Å²) >= 11 is 0. The number of halogens is 3. The molecule has 1 aliphatic heterocycles. The van der Waals surface area contributed by atoms with E-state index < -0.39 is 24.7 Å². The Bertz CT molecular complexity index is 563. The van der Waals surface area contributed by atoms with Gasteiger partial charge in [0.05, 0.1) is 19.3 Å². The topological polar surface area (TPSA) is 58.6 Å². The zero-order valence-corrected chi connectivity index (χ0v) is 13.0. The van der Waals surface area contributed by atoms with Gasteiger partial charge in [-0.3, -0.25) is 9.59 Å². The summed E-state index contributed by atoms with van der Waals surface area (Å²) < 4.78 is 42.3. The van der Waals surface area contributed by atoms with Crippen LogP contribution in [0, 0.1) is 0 Å². The van der Waals surface area contributed by atoms with E-state index in [1.807, 2.05) is 30.3 Å². The van der Waals surface area contributed by atoms with Crippen LogP contribution in [0.3, 0.4) is 0 Å². The number of carbonyl (C=O) groups excluding carboxylic acids is 2. The van der Waals surface area contributed by atoms with Crippen molar-refractivity contribution in [3.05, 3.63) is 35.9 Å². The SMILES string of the molecule is O=C(CCOCc1ccccc1)N[C@@H]1CC(=O)N(CC(F)(F)F)C1. The summed E-state index contributed by atoms with van der Waals surface area (Å²) in [5.41, 5.74) is 0.988. The monoisotopic (exact) mass is 344 g/mol. The Morgan fingerprint density at radius 3 is 2.67 bits per heavy atom. The van der Waals surface area contributed by atoms with Crippen LogP contribution in [0.1, 0.15) is 18.4 Å². The van der Waals surface area contributed by atoms with Crippen LogP contribution in [0.5, 0.6) is 0 Å². The van der Waals surface area contributed by atoms with Crippen molar-refractivity contribution in [2.24, 2.45) is 0 Å². The molecule has 132 valence electrons. The summed E-state index contributed by atoms with van der Waals surface area (Å²) in [5, 5.41) is 2.57. The van der Waals surface area contributed by atoms with E-state index in [4.69, 9.17) is 4.74 Å². The number of benzene rings is 1. The van der Waals surface area contributed by atoms with Crippen LogP contribution in [0.15, 0.2) is 30.3 Å². The number of hydrogen-bond donors (Lipinski definition) is 1. The molecule has 1 atom stereocenters. The molecule has 2 amide bonds. The molecule has 0 bridgehead atoms. The number of rotatable bonds is 7. The summed E-state index contributed by atoms with van der Waals surface area (Å²) in [6, 6.07) is 8.88. The zero-order valence-electron chi connectivity index (χ0n) is 13.0. The summed E-state index contributed by atoms with van der Waals surface area (Å²) in [5.74, 6) is -0.937. The predicted molar refractivity (Wildman–Crippen MR) is 79.9 cm³/mol. The lowest BCUT2D eigenvalue weighted by atomic mass is 10.2. The first-order chi connectivity index (χ1) is 11.3. The van der Waals surface area contributed by atoms with Gasteiger partial charge in [0.25, 0.3) is 0 Å². The Morgan fingerprint density at radius 1 is 1.29 bits per heavy atom. The number of carbonyl (C=O) groups is 2. The van der Waals surface area contributed by atoms with E-state index >= 15 is 0 Å². The van der Waals surface area contributed by atoms with Crippen molar-refractivity contribution in [3.63, 3.8) is 0 Å². The zero-order chi connectivity index (χ0) is 17.6. The molecule has 2 rings (SSSR count). The molecule has 0 radical (unpaired) electrons. The lowest BCUT2D eigenvalue weighted by molar-refractivity contribution is -0.157. The van der Waals surface area contributed by atoms with Gasteiger partial charge in [0.1, 0.15) is 6.54 Å². The van der Waals surface area contributed by atoms with Crippen LogP contribution in [0.4, 0.5) is 13.2 Å². The molecule has 1 aromatic carbocycles. The van der Waals surface area contributed by atoms with Crippen LogP contribution >= 0.6 is 0 Å². The van der Waals surface area contributed by atoms with Gasteiger partial charge >= 0.3 is 6.18 Å². The average molecular weight is 344 g/mol. The highest BCUT2D eigenvalue weighted by Gasteiger charge is 2.38. The number of nitrogens with one attached hydrogen (secondary N) is 1. The molecule has 1 saturated heterocycles. The highest BCUT2D eigenvalue weighted by Crippen LogP contribution is 2.20. The second kappa shape index (κ2) is 8.14. The van der Waals surface area contributed by atoms with E-state index in [1.54, 1.807) is 0 Å². The van der Waals surface area contributed by atoms with E-state index in [1.165, 1.54) is 0 Å². The maximum atomic E-state index is 12.3. The molecule has 0 aliphatic carbocycles. The fraction of sp³-hybridized carbons (Fsp3) is 0.500. The molecule has 1 aliphatic rings. The van der Waals surface area contributed by atoms with Crippen molar-refractivity contribution in [2.75, 3.05) is 19.7 Å². The van der Waals surface area contributed by atoms with Crippen molar-refractivity contribution in [2.45, 2.75) is 31.7 Å². The van der Waals surface area contributed by atoms with Gasteiger partial charge in [0.15, 0.2) is 0 Å². The molecule has 1 heterocycles. The first-order valence-corrected chi connectivity index (χ1v) is 7.59. The standard InChI is InChI=1S/C16H19F3N2O3/c17-16(18,19)11-21-9-13(8-15(21)23)20-14(22)6-7-24-10-12-4-2-1-3-5-12/h1-5,13H,6-11H2,(H,20,22)/t13-/m1/s1. The van der Waals surface area contributed by atoms with E-state index in [2.05, 4.69) is 5.32 Å². The van der Waals surface area contributed by atoms with Crippen molar-refractivity contribution in [1.82, 2.24) is 10.2 Å². The van der Waals surface area contributed by atoms with Gasteiger partial charge in [-0.2, -0.15) is 13.2 Å². The third kappa shape index (κ3) is 6.19. The van der Waals surface area contributed by atoms with Crippen LogP contribution in [-0.2, 0) is 20.9 Å². The van der Waals surface area contributed by atoms with Crippen molar-refractivity contribution >= 4 is 11.8 Å². The third-order valence-corrected chi connectivity index (χ3v) is 3.53. The van der Waals surface area contributed by atoms with Gasteiger partial charge in [-0.1, -0.05) is 30.3 Å². The predicted octanol–water partition coefficient (Wildman–Crippen LogP) is 1.87. The minimum Gasteiger partial charge on any atom is -0.376 e. The number of likely N-dealkylation sites (tertiary alicyclic amines) is 1. The third-order valence-electron chi connectivity index (χ3n) is 3.53. The molecular weight excluding hydrogens is 325 g/mol. The second-order valence-electron chi connectivity index (χ2n) is 5.65. The normalized spacial score (nSPS) is 18.0. The molecule has 5 nitrogen and oxygen atoms in total. The van der Waals surface area contributed by atoms with Gasteiger partial charge < -0.3 is 15.0 Å². The minimum atomic E-state index is -4.43. The number of nitrogens with zero attached hydrogens (tertiary/aromatic N) is 1. The molecule has 0 spiro atoms. The van der Waals surface area contributed by atoms with Gasteiger partial charge in [0, 0.05) is 19.4 Å². The summed E-state index contributed by atoms with van der Waals surface area (Å²) in [6.45, 7) is -0.809. The summed E-state index contributed by atoms with van der Waals surface area (Å²) in [7, 11) is 0. The van der Waals surface area contributed by atoms with Gasteiger partial charge in [0.2, 0.25) is 11.8 Å². The van der Waals surface area contributed by atoms with Crippen LogP contribution < -0.4 is 5.32 Å². The van der Waals surface area contributed by atoms with Crippen molar-refractivity contribution < 1.29 is 27.5 Å². The molecule has 1 fully saturated rings. The van der Waals surface area contributed by atoms with E-state index in [0.717, 1.165) is 10.5 Å². The molecule has 1 N–H and O–H groups in total. The van der Waals surface area contributed by atoms with Crippen molar-refractivity contribution in [1.29, 1.82) is 0 Å². The maximum absolute atomic E-state index is 12.3. The van der Waals surface area contributed by atoms with Crippen LogP contribution in [-0.4, -0.2) is 48.6 Å². The Kier molecular flexibility index (Phi) is 6.19. The molecule has 0 unspecified atom stereocenters.